The van der Waals surface area contributed by atoms with Crippen LogP contribution in [0, 0.1) is 11.7 Å². The van der Waals surface area contributed by atoms with Gasteiger partial charge in [0.05, 0.1) is 24.8 Å². The predicted molar refractivity (Wildman–Crippen MR) is 199 cm³/mol. The van der Waals surface area contributed by atoms with Crippen molar-refractivity contribution < 1.29 is 28.9 Å². The Labute approximate surface area is 311 Å². The van der Waals surface area contributed by atoms with Gasteiger partial charge in [0, 0.05) is 61.6 Å². The van der Waals surface area contributed by atoms with Gasteiger partial charge in [-0.2, -0.15) is 4.98 Å². The van der Waals surface area contributed by atoms with Crippen LogP contribution in [0.4, 0.5) is 15.9 Å². The van der Waals surface area contributed by atoms with E-state index in [2.05, 4.69) is 30.1 Å². The lowest BCUT2D eigenvalue weighted by atomic mass is 9.96. The van der Waals surface area contributed by atoms with E-state index in [1.165, 1.54) is 0 Å². The molecule has 5 aromatic rings. The minimum Gasteiger partial charge on any atom is -0.481 e. The van der Waals surface area contributed by atoms with Crippen LogP contribution in [0.25, 0.3) is 22.0 Å². The first-order chi connectivity index (χ1) is 25.7. The van der Waals surface area contributed by atoms with E-state index in [0.29, 0.717) is 73.2 Å². The summed E-state index contributed by atoms with van der Waals surface area (Å²) in [7, 11) is 1.57. The van der Waals surface area contributed by atoms with Crippen LogP contribution in [-0.4, -0.2) is 80.3 Å². The number of carbonyl (C=O) groups is 1. The Bertz CT molecular complexity index is 2190. The van der Waals surface area contributed by atoms with E-state index in [-0.39, 0.29) is 29.7 Å². The Kier molecular flexibility index (Phi) is 9.86. The Balaban J connectivity index is 1.01. The second-order valence-corrected chi connectivity index (χ2v) is 14.5. The van der Waals surface area contributed by atoms with Gasteiger partial charge in [0.1, 0.15) is 16.6 Å². The van der Waals surface area contributed by atoms with Gasteiger partial charge < -0.3 is 25.0 Å². The topological polar surface area (TPSA) is 133 Å². The number of carboxylic acids is 1. The molecule has 0 radical (unpaired) electrons. The van der Waals surface area contributed by atoms with E-state index >= 15 is 4.39 Å². The van der Waals surface area contributed by atoms with Crippen molar-refractivity contribution >= 4 is 40.0 Å². The fraction of sp³-hybridized carbons (Fsp3) is 0.350. The third-order valence-corrected chi connectivity index (χ3v) is 10.8. The number of nitrogens with one attached hydrogen (secondary N) is 1. The molecule has 3 N–H and O–H groups in total. The van der Waals surface area contributed by atoms with Crippen molar-refractivity contribution in [2.24, 2.45) is 5.92 Å². The van der Waals surface area contributed by atoms with E-state index < -0.39 is 11.8 Å². The lowest BCUT2D eigenvalue weighted by Crippen LogP contribution is -2.22. The lowest BCUT2D eigenvalue weighted by molar-refractivity contribution is -0.141. The molecule has 3 aromatic heterocycles. The number of benzene rings is 2. The highest BCUT2D eigenvalue weighted by molar-refractivity contribution is 6.31. The van der Waals surface area contributed by atoms with E-state index in [4.69, 9.17) is 21.1 Å². The van der Waals surface area contributed by atoms with E-state index in [1.807, 2.05) is 42.5 Å². The van der Waals surface area contributed by atoms with Crippen molar-refractivity contribution in [2.45, 2.75) is 51.0 Å². The highest BCUT2D eigenvalue weighted by Gasteiger charge is 2.30. The zero-order valence-corrected chi connectivity index (χ0v) is 30.0. The number of nitrogens with zero attached hydrogens (tertiary/aromatic N) is 5. The van der Waals surface area contributed by atoms with Crippen LogP contribution in [0.1, 0.15) is 47.6 Å². The number of aliphatic hydroxyl groups excluding tert-OH is 1. The number of methoxy groups -OCH3 is 1. The van der Waals surface area contributed by atoms with Gasteiger partial charge in [0.2, 0.25) is 11.8 Å². The Hall–Kier alpha value is -4.88. The molecule has 2 saturated heterocycles. The summed E-state index contributed by atoms with van der Waals surface area (Å²) in [6.07, 6.45) is 5.51. The number of β-amino-alcohol motifs (C(OH)–C–C–N with tert-alkyl or cyclic N) is 1. The normalized spacial score (nSPS) is 20.2. The van der Waals surface area contributed by atoms with Gasteiger partial charge in [-0.3, -0.25) is 19.6 Å². The first-order valence-electron chi connectivity index (χ1n) is 17.9. The molecule has 0 unspecified atom stereocenters. The van der Waals surface area contributed by atoms with Gasteiger partial charge in [-0.25, -0.2) is 9.37 Å². The summed E-state index contributed by atoms with van der Waals surface area (Å²) >= 11 is 6.71. The molecule has 5 heterocycles. The number of carboxylic acid groups (broad SMARTS) is 1. The summed E-state index contributed by atoms with van der Waals surface area (Å²) < 4.78 is 28.5. The minimum atomic E-state index is -0.754. The van der Waals surface area contributed by atoms with Crippen molar-refractivity contribution in [2.75, 3.05) is 38.6 Å². The van der Waals surface area contributed by atoms with Crippen molar-refractivity contribution in [3.8, 4) is 22.9 Å². The number of ether oxygens (including phenoxy) is 2. The highest BCUT2D eigenvalue weighted by Crippen LogP contribution is 2.43. The molecule has 0 saturated carbocycles. The quantitative estimate of drug-likeness (QED) is 0.133. The molecule has 8 rings (SSSR count). The number of aliphatic hydroxyl groups is 1. The molecule has 0 spiro atoms. The molecule has 0 bridgehead atoms. The molecule has 2 aromatic carbocycles. The monoisotopic (exact) mass is 738 g/mol. The number of anilines is 2. The number of rotatable bonds is 11. The largest absolute Gasteiger partial charge is 0.481 e. The van der Waals surface area contributed by atoms with Crippen molar-refractivity contribution in [3.63, 3.8) is 0 Å². The third-order valence-electron chi connectivity index (χ3n) is 10.5. The molecule has 11 nitrogen and oxygen atoms in total. The number of pyridine rings is 3. The summed E-state index contributed by atoms with van der Waals surface area (Å²) in [6, 6.07) is 16.8. The fourth-order valence-electron chi connectivity index (χ4n) is 7.87. The standard InChI is InChI=1S/C40H40ClFN6O5/c1-52-38-26(21-48-15-12-27(49)22-48)17-32(41)39(46-38)53-34-9-8-29-28(4-2-5-30(29)34)31-6-3-7-33(35(31)42)45-37-36-24(10-13-43-37)16-23(18-44-36)19-47-14-11-25(20-47)40(50)51/h2-7,10,13,16-18,25,27,34,49H,8-9,11-12,14-15,19-22H2,1H3,(H,43,45)(H,50,51)/t25-,27-,34-/m1/s1. The first-order valence-corrected chi connectivity index (χ1v) is 18.3. The molecule has 2 aliphatic heterocycles. The molecular weight excluding hydrogens is 699 g/mol. The maximum Gasteiger partial charge on any atom is 0.307 e. The zero-order valence-electron chi connectivity index (χ0n) is 29.3. The van der Waals surface area contributed by atoms with E-state index in [9.17, 15) is 15.0 Å². The van der Waals surface area contributed by atoms with Gasteiger partial charge in [-0.15, -0.1) is 0 Å². The van der Waals surface area contributed by atoms with Gasteiger partial charge in [0.15, 0.2) is 11.6 Å². The summed E-state index contributed by atoms with van der Waals surface area (Å²) in [6.45, 7) is 3.80. The molecule has 13 heteroatoms. The third kappa shape index (κ3) is 7.24. The summed E-state index contributed by atoms with van der Waals surface area (Å²) in [5, 5.41) is 23.7. The molecule has 1 aliphatic carbocycles. The SMILES string of the molecule is COc1nc(O[C@@H]2CCc3c(-c4cccc(Nc5nccc6cc(CN7CC[C@@H](C(=O)O)C7)cnc56)c4F)cccc32)c(Cl)cc1CN1CC[C@@H](O)C1. The highest BCUT2D eigenvalue weighted by atomic mass is 35.5. The average Bonchev–Trinajstić information content (AvgIpc) is 3.90. The summed E-state index contributed by atoms with van der Waals surface area (Å²) in [5.41, 5.74) is 5.89. The maximum absolute atomic E-state index is 16.4. The Morgan fingerprint density at radius 3 is 2.60 bits per heavy atom. The number of hydrogen-bond donors (Lipinski definition) is 3. The zero-order chi connectivity index (χ0) is 36.6. The van der Waals surface area contributed by atoms with Crippen LogP contribution < -0.4 is 14.8 Å². The van der Waals surface area contributed by atoms with Gasteiger partial charge in [-0.05, 0) is 78.7 Å². The average molecular weight is 739 g/mol. The number of hydrogen-bond acceptors (Lipinski definition) is 10. The number of aliphatic carboxylic acids is 1. The maximum atomic E-state index is 16.4. The van der Waals surface area contributed by atoms with Crippen LogP contribution in [0.2, 0.25) is 5.02 Å². The van der Waals surface area contributed by atoms with Crippen molar-refractivity contribution in [1.29, 1.82) is 0 Å². The number of fused-ring (bicyclic) bond motifs is 2. The predicted octanol–water partition coefficient (Wildman–Crippen LogP) is 6.78. The molecule has 0 amide bonds. The van der Waals surface area contributed by atoms with Gasteiger partial charge >= 0.3 is 5.97 Å². The summed E-state index contributed by atoms with van der Waals surface area (Å²) in [5.74, 6) is -0.354. The number of aromatic nitrogens is 3. The molecule has 3 aliphatic rings. The van der Waals surface area contributed by atoms with Crippen LogP contribution in [0.3, 0.4) is 0 Å². The van der Waals surface area contributed by atoms with Gasteiger partial charge in [0.25, 0.3) is 0 Å². The van der Waals surface area contributed by atoms with Crippen molar-refractivity contribution in [3.05, 3.63) is 100 Å². The minimum absolute atomic E-state index is 0.278. The molecule has 2 fully saturated rings. The summed E-state index contributed by atoms with van der Waals surface area (Å²) in [4.78, 5) is 29.5. The van der Waals surface area contributed by atoms with Crippen molar-refractivity contribution in [1.82, 2.24) is 24.8 Å². The van der Waals surface area contributed by atoms with E-state index in [1.54, 1.807) is 31.6 Å². The molecule has 53 heavy (non-hydrogen) atoms. The number of halogens is 2. The van der Waals surface area contributed by atoms with Crippen LogP contribution >= 0.6 is 11.6 Å². The lowest BCUT2D eigenvalue weighted by Gasteiger charge is -2.20. The van der Waals surface area contributed by atoms with Crippen LogP contribution in [-0.2, 0) is 24.3 Å². The van der Waals surface area contributed by atoms with Crippen LogP contribution in [0.15, 0.2) is 67.0 Å². The van der Waals surface area contributed by atoms with E-state index in [0.717, 1.165) is 52.7 Å². The first kappa shape index (κ1) is 35.2. The molecular formula is C40H40ClFN6O5. The fourth-order valence-corrected chi connectivity index (χ4v) is 8.09. The smallest absolute Gasteiger partial charge is 0.307 e. The van der Waals surface area contributed by atoms with Gasteiger partial charge in [-0.1, -0.05) is 41.9 Å². The Morgan fingerprint density at radius 1 is 1.00 bits per heavy atom. The number of likely N-dealkylation sites (tertiary alicyclic amines) is 2. The Morgan fingerprint density at radius 2 is 1.81 bits per heavy atom. The second kappa shape index (κ2) is 14.9. The second-order valence-electron chi connectivity index (χ2n) is 14.1. The van der Waals surface area contributed by atoms with Crippen LogP contribution in [0.5, 0.6) is 11.8 Å². The molecule has 274 valence electrons. The molecule has 3 atom stereocenters.